The van der Waals surface area contributed by atoms with Gasteiger partial charge in [0, 0.05) is 42.0 Å². The lowest BCUT2D eigenvalue weighted by Crippen LogP contribution is -2.40. The number of rotatable bonds is 6. The van der Waals surface area contributed by atoms with E-state index in [9.17, 15) is 4.39 Å². The summed E-state index contributed by atoms with van der Waals surface area (Å²) >= 11 is 0. The molecule has 1 saturated carbocycles. The molecule has 0 saturated heterocycles. The zero-order valence-electron chi connectivity index (χ0n) is 13.7. The lowest BCUT2D eigenvalue weighted by molar-refractivity contribution is 0.325. The van der Waals surface area contributed by atoms with Crippen molar-refractivity contribution in [1.29, 1.82) is 0 Å². The van der Waals surface area contributed by atoms with Gasteiger partial charge in [0.25, 0.3) is 0 Å². The molecule has 0 aliphatic heterocycles. The van der Waals surface area contributed by atoms with Gasteiger partial charge in [-0.3, -0.25) is 0 Å². The lowest BCUT2D eigenvalue weighted by Gasteiger charge is -2.31. The fourth-order valence-corrected chi connectivity index (χ4v) is 3.47. The molecule has 1 heterocycles. The summed E-state index contributed by atoms with van der Waals surface area (Å²) in [5.41, 5.74) is 1.58. The topological polar surface area (TPSA) is 37.8 Å². The van der Waals surface area contributed by atoms with Crippen LogP contribution in [0.5, 0.6) is 0 Å². The Labute approximate surface area is 137 Å². The third-order valence-corrected chi connectivity index (χ3v) is 4.71. The first-order valence-corrected chi connectivity index (χ1v) is 8.53. The maximum absolute atomic E-state index is 14.3. The van der Waals surface area contributed by atoms with Gasteiger partial charge in [0.15, 0.2) is 0 Å². The Kier molecular flexibility index (Phi) is 5.01. The number of hydrogen-bond donors (Lipinski definition) is 1. The largest absolute Gasteiger partial charge is 0.303 e. The highest BCUT2D eigenvalue weighted by Gasteiger charge is 2.36. The summed E-state index contributed by atoms with van der Waals surface area (Å²) < 4.78 is 14.3. The number of benzene rings is 1. The minimum Gasteiger partial charge on any atom is -0.303 e. The smallest absolute Gasteiger partial charge is 0.128 e. The third-order valence-electron chi connectivity index (χ3n) is 4.71. The third kappa shape index (κ3) is 3.58. The van der Waals surface area contributed by atoms with Gasteiger partial charge >= 0.3 is 0 Å². The molecule has 1 aromatic carbocycles. The van der Waals surface area contributed by atoms with Gasteiger partial charge < -0.3 is 5.32 Å². The minimum absolute atomic E-state index is 0.114. The Bertz CT molecular complexity index is 633. The second-order valence-electron chi connectivity index (χ2n) is 6.38. The van der Waals surface area contributed by atoms with Crippen molar-refractivity contribution < 1.29 is 4.39 Å². The van der Waals surface area contributed by atoms with Gasteiger partial charge in [0.1, 0.15) is 11.6 Å². The van der Waals surface area contributed by atoms with Crippen molar-refractivity contribution in [3.63, 3.8) is 0 Å². The van der Waals surface area contributed by atoms with Crippen LogP contribution in [0.1, 0.15) is 56.0 Å². The zero-order chi connectivity index (χ0) is 16.1. The van der Waals surface area contributed by atoms with E-state index in [2.05, 4.69) is 22.2 Å². The summed E-state index contributed by atoms with van der Waals surface area (Å²) in [4.78, 5) is 8.80. The molecule has 0 unspecified atom stereocenters. The van der Waals surface area contributed by atoms with E-state index in [4.69, 9.17) is 0 Å². The minimum atomic E-state index is -0.257. The van der Waals surface area contributed by atoms with Crippen LogP contribution in [0.4, 0.5) is 4.39 Å². The normalized spacial score (nSPS) is 16.6. The van der Waals surface area contributed by atoms with Crippen molar-refractivity contribution in [1.82, 2.24) is 15.3 Å². The summed E-state index contributed by atoms with van der Waals surface area (Å²) in [5.74, 6) is 0.775. The molecule has 3 rings (SSSR count). The van der Waals surface area contributed by atoms with Gasteiger partial charge in [-0.05, 0) is 25.3 Å². The molecular formula is C19H24FN3. The SMILES string of the molecule is CCCc1ncc(CNC2(c3ccccc3F)CCCC2)cn1. The Morgan fingerprint density at radius 2 is 1.83 bits per heavy atom. The van der Waals surface area contributed by atoms with Gasteiger partial charge in [-0.1, -0.05) is 38.0 Å². The quantitative estimate of drug-likeness (QED) is 0.871. The number of halogens is 1. The van der Waals surface area contributed by atoms with Gasteiger partial charge in [-0.25, -0.2) is 14.4 Å². The van der Waals surface area contributed by atoms with E-state index in [1.54, 1.807) is 12.1 Å². The van der Waals surface area contributed by atoms with Gasteiger partial charge in [-0.15, -0.1) is 0 Å². The number of nitrogens with zero attached hydrogens (tertiary/aromatic N) is 2. The van der Waals surface area contributed by atoms with E-state index in [0.29, 0.717) is 6.54 Å². The van der Waals surface area contributed by atoms with Crippen LogP contribution in [-0.2, 0) is 18.5 Å². The summed E-state index contributed by atoms with van der Waals surface area (Å²) in [7, 11) is 0. The van der Waals surface area contributed by atoms with Crippen LogP contribution in [0.2, 0.25) is 0 Å². The highest BCUT2D eigenvalue weighted by atomic mass is 19.1. The first-order valence-electron chi connectivity index (χ1n) is 8.53. The first kappa shape index (κ1) is 16.1. The second kappa shape index (κ2) is 7.18. The van der Waals surface area contributed by atoms with Crippen LogP contribution in [-0.4, -0.2) is 9.97 Å². The molecule has 3 nitrogen and oxygen atoms in total. The monoisotopic (exact) mass is 313 g/mol. The molecule has 1 aliphatic rings. The van der Waals surface area contributed by atoms with Crippen molar-refractivity contribution in [2.45, 2.75) is 57.5 Å². The Hall–Kier alpha value is -1.81. The van der Waals surface area contributed by atoms with Crippen LogP contribution < -0.4 is 5.32 Å². The highest BCUT2D eigenvalue weighted by molar-refractivity contribution is 5.28. The molecule has 0 spiro atoms. The first-order chi connectivity index (χ1) is 11.2. The van der Waals surface area contributed by atoms with Crippen molar-refractivity contribution in [2.24, 2.45) is 0 Å². The molecule has 0 radical (unpaired) electrons. The standard InChI is InChI=1S/C19H24FN3/c1-2-7-18-21-12-15(13-22-18)14-23-19(10-5-6-11-19)16-8-3-4-9-17(16)20/h3-4,8-9,12-13,23H,2,5-7,10-11,14H2,1H3. The molecule has 1 N–H and O–H groups in total. The lowest BCUT2D eigenvalue weighted by atomic mass is 9.87. The highest BCUT2D eigenvalue weighted by Crippen LogP contribution is 2.40. The van der Waals surface area contributed by atoms with E-state index in [1.165, 1.54) is 0 Å². The molecule has 0 atom stereocenters. The number of aromatic nitrogens is 2. The predicted molar refractivity (Wildman–Crippen MR) is 89.4 cm³/mol. The molecule has 0 bridgehead atoms. The van der Waals surface area contributed by atoms with Crippen molar-refractivity contribution in [3.05, 3.63) is 59.4 Å². The van der Waals surface area contributed by atoms with Crippen LogP contribution in [0.15, 0.2) is 36.7 Å². The number of hydrogen-bond acceptors (Lipinski definition) is 3. The van der Waals surface area contributed by atoms with E-state index in [0.717, 1.165) is 55.5 Å². The molecule has 0 amide bonds. The summed E-state index contributed by atoms with van der Waals surface area (Å²) in [6.45, 7) is 2.79. The van der Waals surface area contributed by atoms with Gasteiger partial charge in [-0.2, -0.15) is 0 Å². The van der Waals surface area contributed by atoms with Crippen molar-refractivity contribution in [2.75, 3.05) is 0 Å². The van der Waals surface area contributed by atoms with E-state index in [1.807, 2.05) is 24.5 Å². The Balaban J connectivity index is 1.74. The molecular weight excluding hydrogens is 289 g/mol. The van der Waals surface area contributed by atoms with Crippen LogP contribution >= 0.6 is 0 Å². The van der Waals surface area contributed by atoms with Crippen molar-refractivity contribution >= 4 is 0 Å². The van der Waals surface area contributed by atoms with E-state index >= 15 is 0 Å². The fraction of sp³-hybridized carbons (Fsp3) is 0.474. The number of nitrogens with one attached hydrogen (secondary N) is 1. The molecule has 23 heavy (non-hydrogen) atoms. The second-order valence-corrected chi connectivity index (χ2v) is 6.38. The number of aryl methyl sites for hydroxylation is 1. The Morgan fingerprint density at radius 3 is 2.48 bits per heavy atom. The molecule has 122 valence electrons. The van der Waals surface area contributed by atoms with E-state index in [-0.39, 0.29) is 11.4 Å². The molecule has 1 fully saturated rings. The predicted octanol–water partition coefficient (Wildman–Crippen LogP) is 4.13. The summed E-state index contributed by atoms with van der Waals surface area (Å²) in [6, 6.07) is 7.14. The molecule has 1 aromatic heterocycles. The average molecular weight is 313 g/mol. The Morgan fingerprint density at radius 1 is 1.13 bits per heavy atom. The molecule has 1 aliphatic carbocycles. The fourth-order valence-electron chi connectivity index (χ4n) is 3.47. The summed E-state index contributed by atoms with van der Waals surface area (Å²) in [6.07, 6.45) is 9.94. The van der Waals surface area contributed by atoms with Gasteiger partial charge in [0.05, 0.1) is 0 Å². The molecule has 4 heteroatoms. The van der Waals surface area contributed by atoms with Crippen molar-refractivity contribution in [3.8, 4) is 0 Å². The maximum atomic E-state index is 14.3. The average Bonchev–Trinajstić information content (AvgIpc) is 3.05. The molecule has 2 aromatic rings. The van der Waals surface area contributed by atoms with Crippen LogP contribution in [0, 0.1) is 5.82 Å². The van der Waals surface area contributed by atoms with Crippen LogP contribution in [0.25, 0.3) is 0 Å². The van der Waals surface area contributed by atoms with Crippen LogP contribution in [0.3, 0.4) is 0 Å². The zero-order valence-corrected chi connectivity index (χ0v) is 13.7. The van der Waals surface area contributed by atoms with Gasteiger partial charge in [0.2, 0.25) is 0 Å². The maximum Gasteiger partial charge on any atom is 0.128 e. The van der Waals surface area contributed by atoms with E-state index < -0.39 is 0 Å². The summed E-state index contributed by atoms with van der Waals surface area (Å²) in [5, 5.41) is 3.60.